The van der Waals surface area contributed by atoms with Gasteiger partial charge in [0.05, 0.1) is 0 Å². The van der Waals surface area contributed by atoms with E-state index in [4.69, 9.17) is 19.4 Å². The summed E-state index contributed by atoms with van der Waals surface area (Å²) in [5.74, 6) is 1.80. The van der Waals surface area contributed by atoms with Crippen LogP contribution in [0.1, 0.15) is 25.0 Å². The van der Waals surface area contributed by atoms with Crippen molar-refractivity contribution in [2.75, 3.05) is 4.90 Å². The average molecular weight is 683 g/mol. The van der Waals surface area contributed by atoms with Gasteiger partial charge in [-0.05, 0) is 70.8 Å². The van der Waals surface area contributed by atoms with Crippen molar-refractivity contribution in [2.45, 2.75) is 19.3 Å². The Labute approximate surface area is 307 Å². The van der Waals surface area contributed by atoms with E-state index in [-0.39, 0.29) is 5.41 Å². The molecule has 2 aromatic heterocycles. The molecule has 2 heterocycles. The van der Waals surface area contributed by atoms with Crippen molar-refractivity contribution in [1.29, 1.82) is 0 Å². The molecule has 0 fully saturated rings. The molecule has 9 aromatic rings. The van der Waals surface area contributed by atoms with Crippen LogP contribution in [0.3, 0.4) is 0 Å². The molecule has 10 rings (SSSR count). The highest BCUT2D eigenvalue weighted by Gasteiger charge is 2.35. The van der Waals surface area contributed by atoms with Crippen LogP contribution in [0.25, 0.3) is 67.2 Å². The molecule has 0 atom stereocenters. The number of fused-ring (bicyclic) bond motifs is 6. The summed E-state index contributed by atoms with van der Waals surface area (Å²) >= 11 is 0. The van der Waals surface area contributed by atoms with Crippen molar-refractivity contribution in [3.05, 3.63) is 181 Å². The molecule has 0 radical (unpaired) electrons. The molecule has 0 amide bonds. The summed E-state index contributed by atoms with van der Waals surface area (Å²) in [6, 6.07) is 59.0. The highest BCUT2D eigenvalue weighted by molar-refractivity contribution is 6.11. The maximum Gasteiger partial charge on any atom is 0.164 e. The Kier molecular flexibility index (Phi) is 7.08. The Hall–Kier alpha value is -6.85. The summed E-state index contributed by atoms with van der Waals surface area (Å²) in [6.45, 7) is 4.65. The summed E-state index contributed by atoms with van der Waals surface area (Å²) in [5, 5.41) is 2.02. The van der Waals surface area contributed by atoms with Gasteiger partial charge in [-0.3, -0.25) is 0 Å². The Morgan fingerprint density at radius 1 is 0.434 bits per heavy atom. The number of aromatic nitrogens is 3. The lowest BCUT2D eigenvalue weighted by Crippen LogP contribution is -2.16. The Morgan fingerprint density at radius 3 is 1.87 bits per heavy atom. The van der Waals surface area contributed by atoms with Gasteiger partial charge in [0.25, 0.3) is 0 Å². The summed E-state index contributed by atoms with van der Waals surface area (Å²) in [4.78, 5) is 17.7. The summed E-state index contributed by atoms with van der Waals surface area (Å²) in [7, 11) is 0. The van der Waals surface area contributed by atoms with Gasteiger partial charge in [0.2, 0.25) is 0 Å². The number of furan rings is 1. The molecule has 0 saturated heterocycles. The minimum Gasteiger partial charge on any atom is -0.456 e. The van der Waals surface area contributed by atoms with Crippen LogP contribution >= 0.6 is 0 Å². The number of hydrogen-bond donors (Lipinski definition) is 0. The molecule has 0 unspecified atom stereocenters. The molecule has 0 aliphatic heterocycles. The van der Waals surface area contributed by atoms with Gasteiger partial charge >= 0.3 is 0 Å². The van der Waals surface area contributed by atoms with Gasteiger partial charge in [0.1, 0.15) is 11.2 Å². The zero-order valence-electron chi connectivity index (χ0n) is 29.4. The third-order valence-corrected chi connectivity index (χ3v) is 10.5. The molecule has 0 N–H and O–H groups in total. The van der Waals surface area contributed by atoms with E-state index in [2.05, 4.69) is 128 Å². The van der Waals surface area contributed by atoms with Gasteiger partial charge in [-0.2, -0.15) is 0 Å². The molecular weight excluding hydrogens is 649 g/mol. The molecule has 1 aliphatic carbocycles. The lowest BCUT2D eigenvalue weighted by atomic mass is 9.82. The number of anilines is 3. The molecule has 0 spiro atoms. The maximum absolute atomic E-state index is 6.25. The van der Waals surface area contributed by atoms with Crippen LogP contribution in [-0.4, -0.2) is 15.0 Å². The van der Waals surface area contributed by atoms with E-state index >= 15 is 0 Å². The number of para-hydroxylation sites is 2. The van der Waals surface area contributed by atoms with Crippen LogP contribution in [-0.2, 0) is 5.41 Å². The van der Waals surface area contributed by atoms with E-state index in [1.165, 1.54) is 22.3 Å². The molecule has 53 heavy (non-hydrogen) atoms. The van der Waals surface area contributed by atoms with Gasteiger partial charge in [-0.25, -0.2) is 15.0 Å². The second-order valence-corrected chi connectivity index (χ2v) is 14.1. The molecule has 0 saturated carbocycles. The van der Waals surface area contributed by atoms with Crippen LogP contribution in [0.15, 0.2) is 174 Å². The third-order valence-electron chi connectivity index (χ3n) is 10.5. The van der Waals surface area contributed by atoms with Crippen LogP contribution in [0.2, 0.25) is 0 Å². The molecule has 1 aliphatic rings. The number of hydrogen-bond acceptors (Lipinski definition) is 5. The molecule has 252 valence electrons. The summed E-state index contributed by atoms with van der Waals surface area (Å²) < 4.78 is 6.25. The largest absolute Gasteiger partial charge is 0.456 e. The van der Waals surface area contributed by atoms with E-state index in [9.17, 15) is 0 Å². The van der Waals surface area contributed by atoms with Crippen molar-refractivity contribution in [3.8, 4) is 45.3 Å². The van der Waals surface area contributed by atoms with E-state index in [1.54, 1.807) is 0 Å². The van der Waals surface area contributed by atoms with Crippen molar-refractivity contribution in [3.63, 3.8) is 0 Å². The third kappa shape index (κ3) is 5.12. The first-order valence-electron chi connectivity index (χ1n) is 18.0. The van der Waals surface area contributed by atoms with Crippen LogP contribution in [0.5, 0.6) is 0 Å². The van der Waals surface area contributed by atoms with E-state index in [0.29, 0.717) is 17.5 Å². The second kappa shape index (κ2) is 12.1. The Balaban J connectivity index is 1.14. The van der Waals surface area contributed by atoms with Gasteiger partial charge < -0.3 is 9.32 Å². The molecule has 5 heteroatoms. The van der Waals surface area contributed by atoms with Gasteiger partial charge in [0.15, 0.2) is 17.5 Å². The zero-order valence-corrected chi connectivity index (χ0v) is 29.4. The fourth-order valence-electron chi connectivity index (χ4n) is 7.94. The number of rotatable bonds is 6. The lowest BCUT2D eigenvalue weighted by molar-refractivity contribution is 0.660. The first-order valence-corrected chi connectivity index (χ1v) is 18.0. The normalized spacial score (nSPS) is 12.9. The predicted octanol–water partition coefficient (Wildman–Crippen LogP) is 12.5. The molecule has 0 bridgehead atoms. The molecule has 7 aromatic carbocycles. The fraction of sp³-hybridized carbons (Fsp3) is 0.0625. The fourth-order valence-corrected chi connectivity index (χ4v) is 7.94. The average Bonchev–Trinajstić information content (AvgIpc) is 3.71. The summed E-state index contributed by atoms with van der Waals surface area (Å²) in [5.41, 5.74) is 12.7. The van der Waals surface area contributed by atoms with E-state index < -0.39 is 0 Å². The standard InChI is InChI=1S/C48H34N4O/c1-48(2)40-24-11-9-21-36(40)37-28-27-35(30-41(37)48)52(33-18-7-4-8-19-33)34-20-13-17-32(29-34)46-49-45(31-15-5-3-6-16-31)50-47(51-46)39-23-14-26-43-44(39)38-22-10-12-25-42(38)53-43/h3-30H,1-2H3. The van der Waals surface area contributed by atoms with Crippen molar-refractivity contribution in [2.24, 2.45) is 0 Å². The molecular formula is C48H34N4O. The van der Waals surface area contributed by atoms with Crippen molar-refractivity contribution >= 4 is 39.0 Å². The van der Waals surface area contributed by atoms with E-state index in [0.717, 1.165) is 55.7 Å². The SMILES string of the molecule is CC1(C)c2ccccc2-c2ccc(N(c3ccccc3)c3cccc(-c4nc(-c5ccccc5)nc(-c5cccc6oc7ccccc7c56)n4)c3)cc21. The smallest absolute Gasteiger partial charge is 0.164 e. The van der Waals surface area contributed by atoms with Crippen LogP contribution in [0, 0.1) is 0 Å². The van der Waals surface area contributed by atoms with Crippen molar-refractivity contribution < 1.29 is 4.42 Å². The number of benzene rings is 7. The quantitative estimate of drug-likeness (QED) is 0.175. The minimum atomic E-state index is -0.121. The van der Waals surface area contributed by atoms with Gasteiger partial charge in [-0.1, -0.05) is 135 Å². The predicted molar refractivity (Wildman–Crippen MR) is 216 cm³/mol. The van der Waals surface area contributed by atoms with Gasteiger partial charge in [0, 0.05) is 49.9 Å². The highest BCUT2D eigenvalue weighted by Crippen LogP contribution is 2.50. The van der Waals surface area contributed by atoms with E-state index in [1.807, 2.05) is 60.7 Å². The molecule has 5 nitrogen and oxygen atoms in total. The second-order valence-electron chi connectivity index (χ2n) is 14.1. The monoisotopic (exact) mass is 682 g/mol. The van der Waals surface area contributed by atoms with Gasteiger partial charge in [-0.15, -0.1) is 0 Å². The van der Waals surface area contributed by atoms with Crippen LogP contribution < -0.4 is 4.90 Å². The zero-order chi connectivity index (χ0) is 35.5. The first kappa shape index (κ1) is 30.9. The first-order chi connectivity index (χ1) is 26.0. The summed E-state index contributed by atoms with van der Waals surface area (Å²) in [6.07, 6.45) is 0. The van der Waals surface area contributed by atoms with Crippen molar-refractivity contribution in [1.82, 2.24) is 15.0 Å². The highest BCUT2D eigenvalue weighted by atomic mass is 16.3. The maximum atomic E-state index is 6.25. The number of nitrogens with zero attached hydrogens (tertiary/aromatic N) is 4. The van der Waals surface area contributed by atoms with Crippen LogP contribution in [0.4, 0.5) is 17.1 Å². The topological polar surface area (TPSA) is 55.1 Å². The Morgan fingerprint density at radius 2 is 1.02 bits per heavy atom. The lowest BCUT2D eigenvalue weighted by Gasteiger charge is -2.28. The minimum absolute atomic E-state index is 0.121. The Bertz CT molecular complexity index is 2820.